The van der Waals surface area contributed by atoms with E-state index in [0.29, 0.717) is 22.3 Å². The van der Waals surface area contributed by atoms with Gasteiger partial charge in [-0.25, -0.2) is 4.79 Å². The number of nitrogens with one attached hydrogen (secondary N) is 1. The van der Waals surface area contributed by atoms with Crippen molar-refractivity contribution in [3.05, 3.63) is 124 Å². The lowest BCUT2D eigenvalue weighted by Gasteiger charge is -2.14. The number of carboxylic acid groups (broad SMARTS) is 1. The van der Waals surface area contributed by atoms with Gasteiger partial charge in [0, 0.05) is 16.1 Å². The number of carbonyl (C=O) groups is 2. The summed E-state index contributed by atoms with van der Waals surface area (Å²) in [5, 5.41) is 14.1. The van der Waals surface area contributed by atoms with Crippen molar-refractivity contribution in [3.8, 4) is 16.9 Å². The average molecular weight is 542 g/mol. The molecule has 5 rings (SSSR count). The Morgan fingerprint density at radius 2 is 1.55 bits per heavy atom. The van der Waals surface area contributed by atoms with Gasteiger partial charge in [-0.1, -0.05) is 78.3 Å². The molecule has 1 heterocycles. The van der Waals surface area contributed by atoms with Crippen molar-refractivity contribution in [1.82, 2.24) is 5.32 Å². The van der Waals surface area contributed by atoms with Crippen LogP contribution in [0.25, 0.3) is 21.2 Å². The van der Waals surface area contributed by atoms with Gasteiger partial charge in [0.05, 0.1) is 4.88 Å². The number of carbonyl (C=O) groups excluding carboxylic acids is 1. The smallest absolute Gasteiger partial charge is 0.326 e. The van der Waals surface area contributed by atoms with E-state index in [0.717, 1.165) is 32.3 Å². The van der Waals surface area contributed by atoms with Gasteiger partial charge in [0.1, 0.15) is 18.4 Å². The lowest BCUT2D eigenvalue weighted by Crippen LogP contribution is -2.42. The van der Waals surface area contributed by atoms with Crippen molar-refractivity contribution >= 4 is 44.9 Å². The minimum Gasteiger partial charge on any atom is -0.489 e. The quantitative estimate of drug-likeness (QED) is 0.206. The highest BCUT2D eigenvalue weighted by molar-refractivity contribution is 7.20. The molecule has 0 aliphatic carbocycles. The average Bonchev–Trinajstić information content (AvgIpc) is 3.37. The van der Waals surface area contributed by atoms with Crippen LogP contribution >= 0.6 is 22.9 Å². The molecule has 5 aromatic rings. The molecule has 0 aliphatic rings. The topological polar surface area (TPSA) is 75.6 Å². The van der Waals surface area contributed by atoms with Crippen molar-refractivity contribution in [3.63, 3.8) is 0 Å². The minimum atomic E-state index is -1.09. The molecule has 0 bridgehead atoms. The number of ether oxygens (including phenoxy) is 1. The van der Waals surface area contributed by atoms with Crippen LogP contribution in [0.15, 0.2) is 103 Å². The van der Waals surface area contributed by atoms with Crippen molar-refractivity contribution in [1.29, 1.82) is 0 Å². The number of benzene rings is 4. The Hall–Kier alpha value is -4.13. The summed E-state index contributed by atoms with van der Waals surface area (Å²) < 4.78 is 6.75. The van der Waals surface area contributed by atoms with E-state index >= 15 is 0 Å². The second kappa shape index (κ2) is 11.5. The molecule has 1 atom stereocenters. The molecule has 0 saturated carbocycles. The largest absolute Gasteiger partial charge is 0.489 e. The number of thiophene rings is 1. The molecule has 38 heavy (non-hydrogen) atoms. The third kappa shape index (κ3) is 6.22. The molecule has 5 nitrogen and oxygen atoms in total. The SMILES string of the molecule is O=C(N[C@@H](Cc1ccc(OCc2ccccc2)cc1)C(=O)O)c1cc2ccc(-c3ccc(Cl)cc3)cc2s1. The van der Waals surface area contributed by atoms with E-state index in [4.69, 9.17) is 16.3 Å². The maximum absolute atomic E-state index is 13.0. The fourth-order valence-corrected chi connectivity index (χ4v) is 5.22. The van der Waals surface area contributed by atoms with E-state index in [-0.39, 0.29) is 6.42 Å². The molecule has 0 aliphatic heterocycles. The van der Waals surface area contributed by atoms with Gasteiger partial charge in [-0.3, -0.25) is 4.79 Å². The summed E-state index contributed by atoms with van der Waals surface area (Å²) in [7, 11) is 0. The Morgan fingerprint density at radius 3 is 2.26 bits per heavy atom. The predicted molar refractivity (Wildman–Crippen MR) is 152 cm³/mol. The van der Waals surface area contributed by atoms with Crippen LogP contribution in [0.1, 0.15) is 20.8 Å². The van der Waals surface area contributed by atoms with Gasteiger partial charge < -0.3 is 15.2 Å². The van der Waals surface area contributed by atoms with Crippen LogP contribution in [0.2, 0.25) is 5.02 Å². The summed E-state index contributed by atoms with van der Waals surface area (Å²) in [6.45, 7) is 0.449. The van der Waals surface area contributed by atoms with Gasteiger partial charge >= 0.3 is 5.97 Å². The number of hydrogen-bond donors (Lipinski definition) is 2. The van der Waals surface area contributed by atoms with Crippen LogP contribution in [0.4, 0.5) is 0 Å². The summed E-state index contributed by atoms with van der Waals surface area (Å²) in [4.78, 5) is 25.4. The lowest BCUT2D eigenvalue weighted by molar-refractivity contribution is -0.139. The highest BCUT2D eigenvalue weighted by Crippen LogP contribution is 2.31. The summed E-state index contributed by atoms with van der Waals surface area (Å²) in [6.07, 6.45) is 0.158. The van der Waals surface area contributed by atoms with Gasteiger partial charge in [0.25, 0.3) is 5.91 Å². The van der Waals surface area contributed by atoms with Gasteiger partial charge in [0.2, 0.25) is 0 Å². The number of rotatable bonds is 9. The number of hydrogen-bond acceptors (Lipinski definition) is 4. The van der Waals surface area contributed by atoms with E-state index in [1.54, 1.807) is 6.07 Å². The molecule has 0 saturated heterocycles. The van der Waals surface area contributed by atoms with E-state index in [1.165, 1.54) is 11.3 Å². The van der Waals surface area contributed by atoms with Crippen molar-refractivity contribution in [2.75, 3.05) is 0 Å². The van der Waals surface area contributed by atoms with Crippen molar-refractivity contribution < 1.29 is 19.4 Å². The van der Waals surface area contributed by atoms with Gasteiger partial charge in [-0.2, -0.15) is 0 Å². The first-order valence-electron chi connectivity index (χ1n) is 12.0. The lowest BCUT2D eigenvalue weighted by atomic mass is 10.0. The number of aliphatic carboxylic acids is 1. The molecular weight excluding hydrogens is 518 g/mol. The third-order valence-corrected chi connectivity index (χ3v) is 7.48. The molecule has 1 amide bonds. The first kappa shape index (κ1) is 25.5. The molecule has 0 spiro atoms. The standard InChI is InChI=1S/C31H24ClNO4S/c32-25-12-10-22(11-13-25)23-8-9-24-18-29(38-28(24)17-23)30(34)33-27(31(35)36)16-20-6-14-26(15-7-20)37-19-21-4-2-1-3-5-21/h1-15,17-18,27H,16,19H2,(H,33,34)(H,35,36)/t27-/m0/s1. The van der Waals surface area contributed by atoms with Crippen LogP contribution < -0.4 is 10.1 Å². The van der Waals surface area contributed by atoms with E-state index < -0.39 is 17.9 Å². The van der Waals surface area contributed by atoms with Gasteiger partial charge in [-0.15, -0.1) is 11.3 Å². The maximum Gasteiger partial charge on any atom is 0.326 e. The number of fused-ring (bicyclic) bond motifs is 1. The fraction of sp³-hybridized carbons (Fsp3) is 0.0968. The van der Waals surface area contributed by atoms with Crippen LogP contribution in [0.3, 0.4) is 0 Å². The molecule has 0 fully saturated rings. The van der Waals surface area contributed by atoms with Gasteiger partial charge in [0.15, 0.2) is 0 Å². The molecule has 0 unspecified atom stereocenters. The molecule has 4 aromatic carbocycles. The van der Waals surface area contributed by atoms with Crippen LogP contribution in [0.5, 0.6) is 5.75 Å². The van der Waals surface area contributed by atoms with Gasteiger partial charge in [-0.05, 0) is 64.0 Å². The van der Waals surface area contributed by atoms with E-state index in [1.807, 2.05) is 97.1 Å². The molecular formula is C31H24ClNO4S. The Labute approximate surface area is 229 Å². The highest BCUT2D eigenvalue weighted by atomic mass is 35.5. The van der Waals surface area contributed by atoms with Crippen molar-refractivity contribution in [2.24, 2.45) is 0 Å². The Bertz CT molecular complexity index is 1560. The summed E-state index contributed by atoms with van der Waals surface area (Å²) >= 11 is 7.33. The number of carboxylic acids is 1. The molecule has 0 radical (unpaired) electrons. The zero-order valence-corrected chi connectivity index (χ0v) is 21.8. The minimum absolute atomic E-state index is 0.158. The highest BCUT2D eigenvalue weighted by Gasteiger charge is 2.22. The van der Waals surface area contributed by atoms with E-state index in [9.17, 15) is 14.7 Å². The monoisotopic (exact) mass is 541 g/mol. The summed E-state index contributed by atoms with van der Waals surface area (Å²) in [5.74, 6) is -0.805. The molecule has 7 heteroatoms. The number of amides is 1. The summed E-state index contributed by atoms with van der Waals surface area (Å²) in [6, 6.07) is 31.4. The van der Waals surface area contributed by atoms with Crippen LogP contribution in [-0.4, -0.2) is 23.0 Å². The fourth-order valence-electron chi connectivity index (χ4n) is 4.09. The molecule has 2 N–H and O–H groups in total. The van der Waals surface area contributed by atoms with Crippen LogP contribution in [0, 0.1) is 0 Å². The predicted octanol–water partition coefficient (Wildman–Crippen LogP) is 7.23. The zero-order valence-electron chi connectivity index (χ0n) is 20.3. The number of halogens is 1. The second-order valence-corrected chi connectivity index (χ2v) is 10.4. The van der Waals surface area contributed by atoms with Crippen LogP contribution in [-0.2, 0) is 17.8 Å². The second-order valence-electron chi connectivity index (χ2n) is 8.86. The Morgan fingerprint density at radius 1 is 0.842 bits per heavy atom. The maximum atomic E-state index is 13.0. The molecule has 190 valence electrons. The molecule has 1 aromatic heterocycles. The first-order chi connectivity index (χ1) is 18.4. The van der Waals surface area contributed by atoms with Crippen molar-refractivity contribution in [2.45, 2.75) is 19.1 Å². The van der Waals surface area contributed by atoms with E-state index in [2.05, 4.69) is 5.32 Å². The normalized spacial score (nSPS) is 11.7. The summed E-state index contributed by atoms with van der Waals surface area (Å²) in [5.41, 5.74) is 3.89. The Balaban J connectivity index is 1.24. The zero-order chi connectivity index (χ0) is 26.5. The third-order valence-electron chi connectivity index (χ3n) is 6.14. The Kier molecular flexibility index (Phi) is 7.73. The first-order valence-corrected chi connectivity index (χ1v) is 13.2.